The summed E-state index contributed by atoms with van der Waals surface area (Å²) in [6, 6.07) is 23.1. The molecule has 7 rings (SSSR count). The van der Waals surface area contributed by atoms with Gasteiger partial charge in [0.2, 0.25) is 0 Å². The number of hydrogen-bond donors (Lipinski definition) is 1. The second-order valence-electron chi connectivity index (χ2n) is 13.9. The topological polar surface area (TPSA) is 96.8 Å². The molecule has 0 radical (unpaired) electrons. The van der Waals surface area contributed by atoms with Crippen molar-refractivity contribution in [2.45, 2.75) is 87.2 Å². The lowest BCUT2D eigenvalue weighted by molar-refractivity contribution is 0.0607. The smallest absolute Gasteiger partial charge is 0.262 e. The quantitative estimate of drug-likeness (QED) is 0.200. The van der Waals surface area contributed by atoms with Gasteiger partial charge >= 0.3 is 0 Å². The van der Waals surface area contributed by atoms with E-state index in [9.17, 15) is 13.2 Å². The number of para-hydroxylation sites is 2. The maximum Gasteiger partial charge on any atom is 0.262 e. The van der Waals surface area contributed by atoms with Crippen LogP contribution in [0, 0.1) is 13.8 Å². The van der Waals surface area contributed by atoms with Gasteiger partial charge in [-0.15, -0.1) is 0 Å². The molecule has 11 heteroatoms. The van der Waals surface area contributed by atoms with Gasteiger partial charge in [0.05, 0.1) is 33.6 Å². The van der Waals surface area contributed by atoms with Crippen LogP contribution in [0.15, 0.2) is 71.6 Å². The van der Waals surface area contributed by atoms with Gasteiger partial charge in [-0.2, -0.15) is 0 Å². The van der Waals surface area contributed by atoms with Crippen LogP contribution in [0.5, 0.6) is 0 Å². The maximum atomic E-state index is 13.8. The van der Waals surface area contributed by atoms with E-state index in [0.29, 0.717) is 31.2 Å². The number of aryl methyl sites for hydroxylation is 2. The molecule has 1 unspecified atom stereocenters. The number of carbonyl (C=O) groups is 1. The average molecular weight is 690 g/mol. The van der Waals surface area contributed by atoms with E-state index in [1.165, 1.54) is 54.8 Å². The highest BCUT2D eigenvalue weighted by Crippen LogP contribution is 2.45. The molecule has 3 atom stereocenters. The second-order valence-corrected chi connectivity index (χ2v) is 15.9. The lowest BCUT2D eigenvalue weighted by Crippen LogP contribution is -2.49. The number of nitrogens with zero attached hydrogens (tertiary/aromatic N) is 4. The van der Waals surface area contributed by atoms with Crippen molar-refractivity contribution < 1.29 is 18.0 Å². The number of piperidine rings is 2. The van der Waals surface area contributed by atoms with E-state index in [1.54, 1.807) is 0 Å². The Morgan fingerprint density at radius 1 is 0.979 bits per heavy atom. The maximum absolute atomic E-state index is 13.8. The zero-order valence-electron chi connectivity index (χ0n) is 27.9. The minimum Gasteiger partial charge on any atom is -0.339 e. The number of halogens is 1. The number of benzene rings is 3. The molecule has 3 aliphatic heterocycles. The fraction of sp³-hybridized carbons (Fsp3) is 0.459. The van der Waals surface area contributed by atoms with Crippen molar-refractivity contribution in [3.63, 3.8) is 0 Å². The van der Waals surface area contributed by atoms with E-state index >= 15 is 0 Å². The van der Waals surface area contributed by atoms with Gasteiger partial charge in [-0.25, -0.2) is 13.4 Å². The van der Waals surface area contributed by atoms with Crippen molar-refractivity contribution in [2.75, 3.05) is 26.7 Å². The number of sulfonamides is 1. The molecule has 9 nitrogen and oxygen atoms in total. The van der Waals surface area contributed by atoms with Crippen LogP contribution in [0.3, 0.4) is 0 Å². The molecule has 1 N–H and O–H groups in total. The minimum absolute atomic E-state index is 0.0619. The summed E-state index contributed by atoms with van der Waals surface area (Å²) in [5.41, 5.74) is 5.02. The number of aromatic nitrogens is 2. The Kier molecular flexibility index (Phi) is 9.14. The van der Waals surface area contributed by atoms with Crippen molar-refractivity contribution in [1.82, 2.24) is 24.2 Å². The molecule has 1 amide bonds. The zero-order chi connectivity index (χ0) is 33.6. The lowest BCUT2D eigenvalue weighted by atomic mass is 9.70. The number of imidazole rings is 1. The summed E-state index contributed by atoms with van der Waals surface area (Å²) in [5.74, 6) is 0.852. The van der Waals surface area contributed by atoms with Crippen LogP contribution >= 0.6 is 11.6 Å². The highest BCUT2D eigenvalue weighted by atomic mass is 35.5. The van der Waals surface area contributed by atoms with E-state index < -0.39 is 10.0 Å². The number of amides is 1. The van der Waals surface area contributed by atoms with E-state index in [0.717, 1.165) is 50.0 Å². The van der Waals surface area contributed by atoms with Gasteiger partial charge in [-0.05, 0) is 107 Å². The van der Waals surface area contributed by atoms with Gasteiger partial charge in [0.1, 0.15) is 5.82 Å². The Labute approximate surface area is 288 Å². The number of hydrogen-bond acceptors (Lipinski definition) is 6. The molecule has 0 saturated carbocycles. The number of nitrogens with one attached hydrogen (secondary N) is 1. The van der Waals surface area contributed by atoms with Crippen molar-refractivity contribution in [2.24, 2.45) is 0 Å². The molecule has 0 aliphatic carbocycles. The summed E-state index contributed by atoms with van der Waals surface area (Å²) >= 11 is 6.45. The third-order valence-electron chi connectivity index (χ3n) is 11.2. The van der Waals surface area contributed by atoms with Crippen LogP contribution in [0.1, 0.15) is 78.3 Å². The molecule has 0 spiro atoms. The monoisotopic (exact) mass is 689 g/mol. The molecule has 3 fully saturated rings. The average Bonchev–Trinajstić information content (AvgIpc) is 3.53. The Balaban J connectivity index is 1.08. The first-order valence-corrected chi connectivity index (χ1v) is 18.8. The first kappa shape index (κ1) is 33.2. The van der Waals surface area contributed by atoms with Gasteiger partial charge in [0.25, 0.3) is 15.9 Å². The fourth-order valence-corrected chi connectivity index (χ4v) is 9.78. The van der Waals surface area contributed by atoms with Gasteiger partial charge < -0.3 is 9.47 Å². The highest BCUT2D eigenvalue weighted by Gasteiger charge is 2.44. The molecule has 3 aliphatic rings. The molecule has 254 valence electrons. The Morgan fingerprint density at radius 2 is 1.71 bits per heavy atom. The number of rotatable bonds is 9. The molecular formula is C37H44ClN5O4S. The van der Waals surface area contributed by atoms with Gasteiger partial charge in [0, 0.05) is 31.2 Å². The van der Waals surface area contributed by atoms with E-state index in [2.05, 4.69) is 76.7 Å². The third kappa shape index (κ3) is 6.18. The van der Waals surface area contributed by atoms with Gasteiger partial charge in [-0.3, -0.25) is 14.5 Å². The minimum atomic E-state index is -3.93. The van der Waals surface area contributed by atoms with Crippen LogP contribution in [0.2, 0.25) is 5.02 Å². The molecule has 48 heavy (non-hydrogen) atoms. The van der Waals surface area contributed by atoms with E-state index in [1.807, 2.05) is 9.79 Å². The van der Waals surface area contributed by atoms with Crippen molar-refractivity contribution in [1.29, 1.82) is 0 Å². The summed E-state index contributed by atoms with van der Waals surface area (Å²) in [6.45, 7) is 6.45. The summed E-state index contributed by atoms with van der Waals surface area (Å²) in [7, 11) is -2.71. The molecule has 4 aromatic rings. The molecule has 4 heterocycles. The molecule has 3 saturated heterocycles. The predicted octanol–water partition coefficient (Wildman–Crippen LogP) is 6.58. The summed E-state index contributed by atoms with van der Waals surface area (Å²) < 4.78 is 27.6. The number of carbonyl (C=O) groups excluding carboxylic acids is 1. The largest absolute Gasteiger partial charge is 0.339 e. The summed E-state index contributed by atoms with van der Waals surface area (Å²) in [6.07, 6.45) is 7.45. The lowest BCUT2D eigenvalue weighted by Gasteiger charge is -2.46. The van der Waals surface area contributed by atoms with Crippen LogP contribution < -0.4 is 4.89 Å². The summed E-state index contributed by atoms with van der Waals surface area (Å²) in [5, 5.41) is 0.227. The summed E-state index contributed by atoms with van der Waals surface area (Å²) in [4.78, 5) is 29.8. The number of likely N-dealkylation sites (tertiary alicyclic amines) is 1. The second kappa shape index (κ2) is 13.2. The predicted molar refractivity (Wildman–Crippen MR) is 188 cm³/mol. The van der Waals surface area contributed by atoms with Gasteiger partial charge in [-0.1, -0.05) is 58.4 Å². The standard InChI is InChI=1S/C37H44ClN5O4S/c1-25-7-6-8-27(21-25)37(15-18-41(19-16-37)36(44)32-24-31(13-14-33(32)38)48(45,46)40-47-3)17-20-42-28-11-12-29(42)23-30(22-28)43-26(2)39-34-9-4-5-10-35(34)43/h4-10,13-14,21,24,28-30,40H,11-12,15-20,22-23H2,1-3H3/t28-,29+,30?. The first-order valence-electron chi connectivity index (χ1n) is 17.0. The first-order chi connectivity index (χ1) is 23.1. The molecular weight excluding hydrogens is 646 g/mol. The highest BCUT2D eigenvalue weighted by molar-refractivity contribution is 7.89. The van der Waals surface area contributed by atoms with Crippen LogP contribution in [0.4, 0.5) is 0 Å². The van der Waals surface area contributed by atoms with Crippen molar-refractivity contribution in [3.05, 3.63) is 94.3 Å². The van der Waals surface area contributed by atoms with Crippen LogP contribution in [-0.2, 0) is 20.3 Å². The van der Waals surface area contributed by atoms with Crippen LogP contribution in [-0.4, -0.2) is 72.5 Å². The zero-order valence-corrected chi connectivity index (χ0v) is 29.4. The SMILES string of the molecule is CONS(=O)(=O)c1ccc(Cl)c(C(=O)N2CCC(CCN3[C@@H]4CC[C@H]3CC(n3c(C)nc5ccccc53)C4)(c3cccc(C)c3)CC2)c1. The van der Waals surface area contributed by atoms with E-state index in [-0.39, 0.29) is 26.8 Å². The Hall–Kier alpha value is -3.28. The Morgan fingerprint density at radius 3 is 2.42 bits per heavy atom. The number of fused-ring (bicyclic) bond motifs is 3. The van der Waals surface area contributed by atoms with Crippen molar-refractivity contribution >= 4 is 38.6 Å². The van der Waals surface area contributed by atoms with E-state index in [4.69, 9.17) is 16.6 Å². The molecule has 2 bridgehead atoms. The Bertz CT molecular complexity index is 1920. The normalized spacial score (nSPS) is 22.8. The van der Waals surface area contributed by atoms with Crippen LogP contribution in [0.25, 0.3) is 11.0 Å². The molecule has 1 aromatic heterocycles. The third-order valence-corrected chi connectivity index (χ3v) is 12.7. The molecule has 3 aromatic carbocycles. The van der Waals surface area contributed by atoms with Crippen molar-refractivity contribution in [3.8, 4) is 0 Å². The van der Waals surface area contributed by atoms with Gasteiger partial charge in [0.15, 0.2) is 0 Å². The fourth-order valence-electron chi connectivity index (χ4n) is 8.75.